The van der Waals surface area contributed by atoms with Gasteiger partial charge in [0.15, 0.2) is 0 Å². The Hall–Kier alpha value is -1.95. The summed E-state index contributed by atoms with van der Waals surface area (Å²) in [5, 5.41) is 14.0. The number of amides is 2. The fourth-order valence-corrected chi connectivity index (χ4v) is 1.63. The van der Waals surface area contributed by atoms with Crippen LogP contribution in [0.15, 0.2) is 24.3 Å². The summed E-state index contributed by atoms with van der Waals surface area (Å²) in [6.45, 7) is 1.54. The van der Waals surface area contributed by atoms with Crippen LogP contribution in [0, 0.1) is 5.82 Å². The largest absolute Gasteiger partial charge is 0.394 e. The first-order chi connectivity index (χ1) is 9.55. The number of hydrogen-bond acceptors (Lipinski definition) is 3. The lowest BCUT2D eigenvalue weighted by atomic mass is 10.1. The van der Waals surface area contributed by atoms with Crippen LogP contribution in [0.4, 0.5) is 4.39 Å². The Kier molecular flexibility index (Phi) is 6.66. The predicted octanol–water partition coefficient (Wildman–Crippen LogP) is 0.371. The second-order valence-corrected chi connectivity index (χ2v) is 4.44. The minimum Gasteiger partial charge on any atom is -0.394 e. The van der Waals surface area contributed by atoms with Crippen LogP contribution in [0.5, 0.6) is 0 Å². The highest BCUT2D eigenvalue weighted by Gasteiger charge is 2.10. The highest BCUT2D eigenvalue weighted by molar-refractivity contribution is 5.85. The highest BCUT2D eigenvalue weighted by Crippen LogP contribution is 2.03. The molecule has 6 heteroatoms. The Bertz CT molecular complexity index is 461. The van der Waals surface area contributed by atoms with Gasteiger partial charge in [0.1, 0.15) is 5.82 Å². The second-order valence-electron chi connectivity index (χ2n) is 4.44. The number of benzene rings is 1. The summed E-state index contributed by atoms with van der Waals surface area (Å²) in [7, 11) is 0. The molecule has 0 spiro atoms. The smallest absolute Gasteiger partial charge is 0.239 e. The van der Waals surface area contributed by atoms with Gasteiger partial charge < -0.3 is 15.7 Å². The average molecular weight is 282 g/mol. The first kappa shape index (κ1) is 16.1. The van der Waals surface area contributed by atoms with Crippen molar-refractivity contribution >= 4 is 11.8 Å². The summed E-state index contributed by atoms with van der Waals surface area (Å²) in [6, 6.07) is 5.44. The fraction of sp³-hybridized carbons (Fsp3) is 0.429. The van der Waals surface area contributed by atoms with Crippen LogP contribution in [0.1, 0.15) is 18.9 Å². The van der Waals surface area contributed by atoms with Gasteiger partial charge in [0.25, 0.3) is 0 Å². The lowest BCUT2D eigenvalue weighted by Crippen LogP contribution is -2.43. The number of nitrogens with one attached hydrogen (secondary N) is 2. The lowest BCUT2D eigenvalue weighted by Gasteiger charge is -2.14. The number of carbonyl (C=O) groups excluding carboxylic acids is 2. The van der Waals surface area contributed by atoms with Crippen molar-refractivity contribution in [1.82, 2.24) is 10.6 Å². The molecule has 1 aromatic rings. The number of hydrogen-bond donors (Lipinski definition) is 3. The molecule has 0 aliphatic carbocycles. The van der Waals surface area contributed by atoms with E-state index in [1.807, 2.05) is 6.92 Å². The van der Waals surface area contributed by atoms with E-state index in [4.69, 9.17) is 5.11 Å². The molecule has 0 fully saturated rings. The zero-order chi connectivity index (χ0) is 15.0. The summed E-state index contributed by atoms with van der Waals surface area (Å²) in [4.78, 5) is 23.1. The van der Waals surface area contributed by atoms with Gasteiger partial charge >= 0.3 is 0 Å². The van der Waals surface area contributed by atoms with Gasteiger partial charge in [0.05, 0.1) is 25.6 Å². The molecule has 0 aliphatic rings. The number of halogens is 1. The van der Waals surface area contributed by atoms with Gasteiger partial charge in [0.2, 0.25) is 11.8 Å². The molecule has 2 amide bonds. The van der Waals surface area contributed by atoms with Crippen molar-refractivity contribution in [2.24, 2.45) is 0 Å². The van der Waals surface area contributed by atoms with E-state index in [9.17, 15) is 14.0 Å². The third-order valence-electron chi connectivity index (χ3n) is 2.78. The Labute approximate surface area is 117 Å². The molecule has 0 radical (unpaired) electrons. The molecule has 0 aromatic heterocycles. The standard InChI is InChI=1S/C14H19FN2O3/c1-2-12(9-18)17-14(20)8-16-13(19)7-10-4-3-5-11(15)6-10/h3-6,12,18H,2,7-9H2,1H3,(H,16,19)(H,17,20). The maximum Gasteiger partial charge on any atom is 0.239 e. The molecular formula is C14H19FN2O3. The summed E-state index contributed by atoms with van der Waals surface area (Å²) in [5.41, 5.74) is 0.546. The molecule has 1 unspecified atom stereocenters. The quantitative estimate of drug-likeness (QED) is 0.676. The second kappa shape index (κ2) is 8.27. The van der Waals surface area contributed by atoms with E-state index in [1.54, 1.807) is 6.07 Å². The molecule has 110 valence electrons. The number of aliphatic hydroxyl groups is 1. The molecule has 0 aliphatic heterocycles. The molecular weight excluding hydrogens is 263 g/mol. The molecule has 0 saturated carbocycles. The molecule has 3 N–H and O–H groups in total. The number of aliphatic hydroxyl groups excluding tert-OH is 1. The van der Waals surface area contributed by atoms with Gasteiger partial charge in [-0.2, -0.15) is 0 Å². The molecule has 20 heavy (non-hydrogen) atoms. The van der Waals surface area contributed by atoms with Crippen molar-refractivity contribution in [2.45, 2.75) is 25.8 Å². The molecule has 0 heterocycles. The Morgan fingerprint density at radius 1 is 1.35 bits per heavy atom. The predicted molar refractivity (Wildman–Crippen MR) is 72.4 cm³/mol. The van der Waals surface area contributed by atoms with Gasteiger partial charge in [0, 0.05) is 0 Å². The van der Waals surface area contributed by atoms with Crippen LogP contribution < -0.4 is 10.6 Å². The maximum absolute atomic E-state index is 12.9. The molecule has 1 rings (SSSR count). The number of rotatable bonds is 7. The molecule has 0 bridgehead atoms. The van der Waals surface area contributed by atoms with Crippen LogP contribution in [0.2, 0.25) is 0 Å². The zero-order valence-corrected chi connectivity index (χ0v) is 11.4. The Morgan fingerprint density at radius 2 is 2.10 bits per heavy atom. The van der Waals surface area contributed by atoms with E-state index in [-0.39, 0.29) is 37.4 Å². The van der Waals surface area contributed by atoms with Crippen molar-refractivity contribution < 1.29 is 19.1 Å². The average Bonchev–Trinajstić information content (AvgIpc) is 2.42. The SMILES string of the molecule is CCC(CO)NC(=O)CNC(=O)Cc1cccc(F)c1. The van der Waals surface area contributed by atoms with Crippen molar-refractivity contribution in [3.05, 3.63) is 35.6 Å². The minimum atomic E-state index is -0.401. The first-order valence-electron chi connectivity index (χ1n) is 6.46. The highest BCUT2D eigenvalue weighted by atomic mass is 19.1. The van der Waals surface area contributed by atoms with Gasteiger partial charge in [-0.1, -0.05) is 19.1 Å². The molecule has 0 saturated heterocycles. The van der Waals surface area contributed by atoms with Crippen molar-refractivity contribution in [3.8, 4) is 0 Å². The van der Waals surface area contributed by atoms with E-state index in [0.29, 0.717) is 12.0 Å². The normalized spacial score (nSPS) is 11.8. The molecule has 1 atom stereocenters. The van der Waals surface area contributed by atoms with Crippen LogP contribution in [-0.4, -0.2) is 36.1 Å². The minimum absolute atomic E-state index is 0.0161. The van der Waals surface area contributed by atoms with Crippen molar-refractivity contribution in [2.75, 3.05) is 13.2 Å². The van der Waals surface area contributed by atoms with E-state index in [0.717, 1.165) is 0 Å². The van der Waals surface area contributed by atoms with Crippen molar-refractivity contribution in [3.63, 3.8) is 0 Å². The monoisotopic (exact) mass is 282 g/mol. The van der Waals surface area contributed by atoms with Gasteiger partial charge in [-0.3, -0.25) is 9.59 Å². The zero-order valence-electron chi connectivity index (χ0n) is 11.4. The van der Waals surface area contributed by atoms with Gasteiger partial charge in [-0.15, -0.1) is 0 Å². The summed E-state index contributed by atoms with van der Waals surface area (Å²) in [6.07, 6.45) is 0.627. The third-order valence-corrected chi connectivity index (χ3v) is 2.78. The van der Waals surface area contributed by atoms with Crippen molar-refractivity contribution in [1.29, 1.82) is 0 Å². The van der Waals surface area contributed by atoms with E-state index >= 15 is 0 Å². The summed E-state index contributed by atoms with van der Waals surface area (Å²) >= 11 is 0. The topological polar surface area (TPSA) is 78.4 Å². The third kappa shape index (κ3) is 5.79. The first-order valence-corrected chi connectivity index (χ1v) is 6.46. The summed E-state index contributed by atoms with van der Waals surface area (Å²) < 4.78 is 12.9. The van der Waals surface area contributed by atoms with E-state index < -0.39 is 5.82 Å². The van der Waals surface area contributed by atoms with Crippen LogP contribution in [-0.2, 0) is 16.0 Å². The Morgan fingerprint density at radius 3 is 2.70 bits per heavy atom. The molecule has 5 nitrogen and oxygen atoms in total. The van der Waals surface area contributed by atoms with E-state index in [1.165, 1.54) is 18.2 Å². The fourth-order valence-electron chi connectivity index (χ4n) is 1.63. The Balaban J connectivity index is 2.34. The van der Waals surface area contributed by atoms with Crippen LogP contribution in [0.3, 0.4) is 0 Å². The molecule has 1 aromatic carbocycles. The van der Waals surface area contributed by atoms with Gasteiger partial charge in [-0.05, 0) is 24.1 Å². The van der Waals surface area contributed by atoms with E-state index in [2.05, 4.69) is 10.6 Å². The number of carbonyl (C=O) groups is 2. The van der Waals surface area contributed by atoms with Crippen LogP contribution in [0.25, 0.3) is 0 Å². The van der Waals surface area contributed by atoms with Gasteiger partial charge in [-0.25, -0.2) is 4.39 Å². The lowest BCUT2D eigenvalue weighted by molar-refractivity contribution is -0.126. The maximum atomic E-state index is 12.9. The summed E-state index contributed by atoms with van der Waals surface area (Å²) in [5.74, 6) is -1.12. The van der Waals surface area contributed by atoms with Crippen LogP contribution >= 0.6 is 0 Å².